The highest BCUT2D eigenvalue weighted by atomic mass is 16.6. The standard InChI is InChI=1S/C25H27N3O5/c1-3-33-25(32)27-13-10-19(11-14-27)28-21(18-5-4-12-26-15-18)20(23(30)24(28)31)22(29)17-8-6-16(2)7-9-17/h4-9,12,15,19,21,29H,3,10-11,13-14H2,1-2H3/b22-20+. The fourth-order valence-electron chi connectivity index (χ4n) is 4.50. The molecule has 4 rings (SSSR count). The number of pyridine rings is 1. The number of aliphatic hydroxyl groups is 1. The molecule has 2 saturated heterocycles. The minimum absolute atomic E-state index is 0.0599. The van der Waals surface area contributed by atoms with Gasteiger partial charge < -0.3 is 19.6 Å². The molecule has 2 aliphatic heterocycles. The van der Waals surface area contributed by atoms with E-state index in [1.165, 1.54) is 0 Å². The average molecular weight is 450 g/mol. The summed E-state index contributed by atoms with van der Waals surface area (Å²) in [6.07, 6.45) is 3.87. The lowest BCUT2D eigenvalue weighted by Crippen LogP contribution is -2.48. The molecule has 3 heterocycles. The summed E-state index contributed by atoms with van der Waals surface area (Å²) in [6, 6.07) is 9.67. The van der Waals surface area contributed by atoms with E-state index in [4.69, 9.17) is 4.74 Å². The Morgan fingerprint density at radius 1 is 1.15 bits per heavy atom. The predicted octanol–water partition coefficient (Wildman–Crippen LogP) is 3.43. The summed E-state index contributed by atoms with van der Waals surface area (Å²) in [7, 11) is 0. The Morgan fingerprint density at radius 2 is 1.85 bits per heavy atom. The van der Waals surface area contributed by atoms with Gasteiger partial charge in [-0.25, -0.2) is 4.79 Å². The molecule has 1 atom stereocenters. The first-order valence-corrected chi connectivity index (χ1v) is 11.1. The van der Waals surface area contributed by atoms with Crippen molar-refractivity contribution < 1.29 is 24.2 Å². The van der Waals surface area contributed by atoms with Crippen LogP contribution >= 0.6 is 0 Å². The van der Waals surface area contributed by atoms with Crippen molar-refractivity contribution in [2.45, 2.75) is 38.8 Å². The minimum atomic E-state index is -0.751. The third kappa shape index (κ3) is 4.33. The van der Waals surface area contributed by atoms with Gasteiger partial charge in [0.15, 0.2) is 0 Å². The molecule has 172 valence electrons. The zero-order valence-electron chi connectivity index (χ0n) is 18.7. The lowest BCUT2D eigenvalue weighted by molar-refractivity contribution is -0.142. The average Bonchev–Trinajstić information content (AvgIpc) is 3.10. The summed E-state index contributed by atoms with van der Waals surface area (Å²) in [6.45, 7) is 4.83. The van der Waals surface area contributed by atoms with Crippen molar-refractivity contribution in [3.63, 3.8) is 0 Å². The number of aryl methyl sites for hydroxylation is 1. The number of nitrogens with zero attached hydrogens (tertiary/aromatic N) is 3. The number of rotatable bonds is 4. The summed E-state index contributed by atoms with van der Waals surface area (Å²) in [5.41, 5.74) is 2.21. The van der Waals surface area contributed by atoms with Crippen molar-refractivity contribution in [1.82, 2.24) is 14.8 Å². The van der Waals surface area contributed by atoms with Gasteiger partial charge in [0.05, 0.1) is 18.2 Å². The second-order valence-corrected chi connectivity index (χ2v) is 8.28. The van der Waals surface area contributed by atoms with E-state index in [0.717, 1.165) is 5.56 Å². The Kier molecular flexibility index (Phi) is 6.44. The Hall–Kier alpha value is -3.68. The summed E-state index contributed by atoms with van der Waals surface area (Å²) in [5.74, 6) is -1.56. The first kappa shape index (κ1) is 22.5. The van der Waals surface area contributed by atoms with Gasteiger partial charge in [-0.05, 0) is 38.3 Å². The molecule has 0 radical (unpaired) electrons. The quantitative estimate of drug-likeness (QED) is 0.436. The van der Waals surface area contributed by atoms with Crippen LogP contribution in [0, 0.1) is 6.92 Å². The summed E-state index contributed by atoms with van der Waals surface area (Å²) in [5, 5.41) is 11.1. The molecule has 2 aliphatic rings. The van der Waals surface area contributed by atoms with E-state index < -0.39 is 17.7 Å². The van der Waals surface area contributed by atoms with Crippen molar-refractivity contribution in [3.05, 3.63) is 71.1 Å². The van der Waals surface area contributed by atoms with Crippen LogP contribution in [0.4, 0.5) is 4.79 Å². The molecular formula is C25H27N3O5. The number of Topliss-reactive ketones (excluding diaryl/α,β-unsaturated/α-hetero) is 1. The van der Waals surface area contributed by atoms with E-state index in [9.17, 15) is 19.5 Å². The number of benzene rings is 1. The molecule has 0 spiro atoms. The number of amides is 2. The molecule has 2 amide bonds. The maximum atomic E-state index is 13.2. The highest BCUT2D eigenvalue weighted by Crippen LogP contribution is 2.42. The number of ketones is 1. The number of carbonyl (C=O) groups is 3. The van der Waals surface area contributed by atoms with Crippen LogP contribution in [0.1, 0.15) is 42.5 Å². The molecule has 8 nitrogen and oxygen atoms in total. The molecule has 33 heavy (non-hydrogen) atoms. The van der Waals surface area contributed by atoms with Crippen molar-refractivity contribution >= 4 is 23.5 Å². The number of aromatic nitrogens is 1. The normalized spacial score (nSPS) is 20.8. The summed E-state index contributed by atoms with van der Waals surface area (Å²) < 4.78 is 5.08. The molecule has 1 aromatic heterocycles. The fraction of sp³-hybridized carbons (Fsp3) is 0.360. The highest BCUT2D eigenvalue weighted by molar-refractivity contribution is 6.46. The number of piperidine rings is 1. The third-order valence-electron chi connectivity index (χ3n) is 6.19. The van der Waals surface area contributed by atoms with Crippen LogP contribution in [0.25, 0.3) is 5.76 Å². The van der Waals surface area contributed by atoms with Gasteiger partial charge in [-0.15, -0.1) is 0 Å². The molecule has 8 heteroatoms. The number of likely N-dealkylation sites (tertiary alicyclic amines) is 2. The molecule has 1 N–H and O–H groups in total. The molecule has 2 fully saturated rings. The highest BCUT2D eigenvalue weighted by Gasteiger charge is 2.49. The Labute approximate surface area is 192 Å². The number of carbonyl (C=O) groups excluding carboxylic acids is 3. The van der Waals surface area contributed by atoms with Gasteiger partial charge in [-0.1, -0.05) is 35.9 Å². The van der Waals surface area contributed by atoms with Crippen LogP contribution in [0.5, 0.6) is 0 Å². The van der Waals surface area contributed by atoms with Crippen LogP contribution in [0.3, 0.4) is 0 Å². The van der Waals surface area contributed by atoms with E-state index in [1.807, 2.05) is 19.1 Å². The monoisotopic (exact) mass is 449 g/mol. The Bertz CT molecular complexity index is 1070. The first-order chi connectivity index (χ1) is 15.9. The van der Waals surface area contributed by atoms with E-state index in [1.54, 1.807) is 53.4 Å². The van der Waals surface area contributed by atoms with Crippen molar-refractivity contribution in [2.75, 3.05) is 19.7 Å². The topological polar surface area (TPSA) is 100 Å². The first-order valence-electron chi connectivity index (χ1n) is 11.1. The van der Waals surface area contributed by atoms with Crippen molar-refractivity contribution in [2.24, 2.45) is 0 Å². The molecule has 2 aromatic rings. The molecule has 0 bridgehead atoms. The Balaban J connectivity index is 1.71. The maximum absolute atomic E-state index is 13.2. The molecule has 0 aliphatic carbocycles. The number of hydrogen-bond acceptors (Lipinski definition) is 6. The summed E-state index contributed by atoms with van der Waals surface area (Å²) >= 11 is 0. The van der Waals surface area contributed by atoms with Crippen LogP contribution in [-0.4, -0.2) is 63.4 Å². The molecule has 1 aromatic carbocycles. The minimum Gasteiger partial charge on any atom is -0.507 e. The second-order valence-electron chi connectivity index (χ2n) is 8.28. The molecular weight excluding hydrogens is 422 g/mol. The lowest BCUT2D eigenvalue weighted by atomic mass is 9.94. The SMILES string of the molecule is CCOC(=O)N1CCC(N2C(=O)C(=O)/C(=C(/O)c3ccc(C)cc3)C2c2cccnc2)CC1. The largest absolute Gasteiger partial charge is 0.507 e. The van der Waals surface area contributed by atoms with E-state index in [-0.39, 0.29) is 23.5 Å². The summed E-state index contributed by atoms with van der Waals surface area (Å²) in [4.78, 5) is 45.8. The van der Waals surface area contributed by atoms with Gasteiger partial charge in [-0.2, -0.15) is 0 Å². The van der Waals surface area contributed by atoms with Gasteiger partial charge in [0.1, 0.15) is 5.76 Å². The van der Waals surface area contributed by atoms with Crippen molar-refractivity contribution in [3.8, 4) is 0 Å². The maximum Gasteiger partial charge on any atom is 0.409 e. The van der Waals surface area contributed by atoms with Gasteiger partial charge in [-0.3, -0.25) is 14.6 Å². The predicted molar refractivity (Wildman–Crippen MR) is 121 cm³/mol. The van der Waals surface area contributed by atoms with Gasteiger partial charge in [0.25, 0.3) is 11.7 Å². The third-order valence-corrected chi connectivity index (χ3v) is 6.19. The number of aliphatic hydroxyl groups excluding tert-OH is 1. The van der Waals surface area contributed by atoms with Gasteiger partial charge >= 0.3 is 6.09 Å². The van der Waals surface area contributed by atoms with Crippen LogP contribution in [-0.2, 0) is 14.3 Å². The fourth-order valence-corrected chi connectivity index (χ4v) is 4.50. The van der Waals surface area contributed by atoms with E-state index >= 15 is 0 Å². The zero-order chi connectivity index (χ0) is 23.5. The Morgan fingerprint density at radius 3 is 2.45 bits per heavy atom. The van der Waals surface area contributed by atoms with Crippen LogP contribution in [0.2, 0.25) is 0 Å². The number of ether oxygens (including phenoxy) is 1. The zero-order valence-corrected chi connectivity index (χ0v) is 18.7. The van der Waals surface area contributed by atoms with Crippen LogP contribution < -0.4 is 0 Å². The van der Waals surface area contributed by atoms with Crippen LogP contribution in [0.15, 0.2) is 54.4 Å². The lowest BCUT2D eigenvalue weighted by Gasteiger charge is -2.38. The smallest absolute Gasteiger partial charge is 0.409 e. The second kappa shape index (κ2) is 9.44. The number of hydrogen-bond donors (Lipinski definition) is 1. The van der Waals surface area contributed by atoms with E-state index in [0.29, 0.717) is 43.7 Å². The van der Waals surface area contributed by atoms with Gasteiger partial charge in [0.2, 0.25) is 0 Å². The molecule has 1 unspecified atom stereocenters. The molecule has 0 saturated carbocycles. The van der Waals surface area contributed by atoms with Gasteiger partial charge in [0, 0.05) is 37.1 Å². The van der Waals surface area contributed by atoms with E-state index in [2.05, 4.69) is 4.98 Å². The van der Waals surface area contributed by atoms with Crippen molar-refractivity contribution in [1.29, 1.82) is 0 Å².